The Kier molecular flexibility index (Phi) is 3.70. The van der Waals surface area contributed by atoms with Crippen molar-refractivity contribution >= 4 is 39.1 Å². The Labute approximate surface area is 112 Å². The molecular formula is C11H11BrClFN2O. The summed E-state index contributed by atoms with van der Waals surface area (Å²) in [4.78, 5) is 13.3. The molecule has 1 unspecified atom stereocenters. The Bertz CT molecular complexity index is 469. The number of benzene rings is 1. The zero-order valence-electron chi connectivity index (χ0n) is 8.92. The molecule has 0 aliphatic carbocycles. The van der Waals surface area contributed by atoms with Crippen molar-refractivity contribution in [2.45, 2.75) is 6.42 Å². The maximum atomic E-state index is 13.5. The molecule has 1 aliphatic heterocycles. The minimum Gasteiger partial charge on any atom is -0.330 e. The second-order valence-electron chi connectivity index (χ2n) is 4.03. The maximum Gasteiger partial charge on any atom is 0.227 e. The highest BCUT2D eigenvalue weighted by Gasteiger charge is 2.31. The third kappa shape index (κ3) is 2.46. The molecule has 92 valence electrons. The minimum absolute atomic E-state index is 0.0657. The second kappa shape index (κ2) is 4.92. The third-order valence-corrected chi connectivity index (χ3v) is 3.73. The molecule has 2 N–H and O–H groups in total. The van der Waals surface area contributed by atoms with Crippen LogP contribution in [-0.2, 0) is 4.79 Å². The Balaban J connectivity index is 2.35. The summed E-state index contributed by atoms with van der Waals surface area (Å²) in [6, 6.07) is 2.72. The van der Waals surface area contributed by atoms with Gasteiger partial charge in [-0.25, -0.2) is 4.39 Å². The first-order valence-electron chi connectivity index (χ1n) is 5.18. The second-order valence-corrected chi connectivity index (χ2v) is 5.29. The van der Waals surface area contributed by atoms with E-state index < -0.39 is 5.82 Å². The summed E-state index contributed by atoms with van der Waals surface area (Å²) in [5, 5.41) is 0.351. The standard InChI is InChI=1S/C11H11BrClFN2O/c12-7-2-8(13)10(3-9(7)14)16-5-6(4-15)1-11(16)17/h2-3,6H,1,4-5,15H2. The number of hydrogen-bond acceptors (Lipinski definition) is 2. The predicted molar refractivity (Wildman–Crippen MR) is 68.6 cm³/mol. The highest BCUT2D eigenvalue weighted by Crippen LogP contribution is 2.34. The predicted octanol–water partition coefficient (Wildman–Crippen LogP) is 2.55. The van der Waals surface area contributed by atoms with Crippen LogP contribution in [0.2, 0.25) is 5.02 Å². The molecule has 0 aromatic heterocycles. The molecule has 1 atom stereocenters. The molecule has 0 saturated carbocycles. The molecular weight excluding hydrogens is 310 g/mol. The Morgan fingerprint density at radius 3 is 2.88 bits per heavy atom. The van der Waals surface area contributed by atoms with Crippen LogP contribution in [0.4, 0.5) is 10.1 Å². The molecule has 0 radical (unpaired) electrons. The first-order chi connectivity index (χ1) is 8.02. The molecule has 0 bridgehead atoms. The fourth-order valence-electron chi connectivity index (χ4n) is 1.89. The number of carbonyl (C=O) groups excluding carboxylic acids is 1. The van der Waals surface area contributed by atoms with E-state index in [1.54, 1.807) is 0 Å². The maximum absolute atomic E-state index is 13.5. The Morgan fingerprint density at radius 1 is 1.59 bits per heavy atom. The van der Waals surface area contributed by atoms with Crippen LogP contribution in [0.5, 0.6) is 0 Å². The van der Waals surface area contributed by atoms with E-state index in [9.17, 15) is 9.18 Å². The summed E-state index contributed by atoms with van der Waals surface area (Å²) in [6.45, 7) is 0.939. The SMILES string of the molecule is NCC1CC(=O)N(c2cc(F)c(Br)cc2Cl)C1. The van der Waals surface area contributed by atoms with Crippen molar-refractivity contribution in [2.75, 3.05) is 18.0 Å². The van der Waals surface area contributed by atoms with E-state index >= 15 is 0 Å². The number of carbonyl (C=O) groups is 1. The van der Waals surface area contributed by atoms with E-state index in [2.05, 4.69) is 15.9 Å². The van der Waals surface area contributed by atoms with Crippen LogP contribution in [0, 0.1) is 11.7 Å². The van der Waals surface area contributed by atoms with Gasteiger partial charge in [0.15, 0.2) is 0 Å². The first kappa shape index (κ1) is 12.8. The van der Waals surface area contributed by atoms with Gasteiger partial charge in [0, 0.05) is 19.0 Å². The average molecular weight is 322 g/mol. The van der Waals surface area contributed by atoms with Crippen molar-refractivity contribution < 1.29 is 9.18 Å². The highest BCUT2D eigenvalue weighted by atomic mass is 79.9. The lowest BCUT2D eigenvalue weighted by Gasteiger charge is -2.18. The van der Waals surface area contributed by atoms with Gasteiger partial charge in [-0.1, -0.05) is 11.6 Å². The molecule has 17 heavy (non-hydrogen) atoms. The largest absolute Gasteiger partial charge is 0.330 e. The van der Waals surface area contributed by atoms with Gasteiger partial charge in [0.1, 0.15) is 5.82 Å². The minimum atomic E-state index is -0.437. The third-order valence-electron chi connectivity index (χ3n) is 2.82. The van der Waals surface area contributed by atoms with E-state index in [0.717, 1.165) is 0 Å². The molecule has 1 fully saturated rings. The smallest absolute Gasteiger partial charge is 0.227 e. The Hall–Kier alpha value is -0.650. The summed E-state index contributed by atoms with van der Waals surface area (Å²) in [6.07, 6.45) is 0.393. The van der Waals surface area contributed by atoms with Crippen molar-refractivity contribution in [3.8, 4) is 0 Å². The molecule has 1 amide bonds. The summed E-state index contributed by atoms with van der Waals surface area (Å²) >= 11 is 9.06. The van der Waals surface area contributed by atoms with E-state index in [0.29, 0.717) is 30.2 Å². The fourth-order valence-corrected chi connectivity index (χ4v) is 2.63. The summed E-state index contributed by atoms with van der Waals surface area (Å²) in [5.41, 5.74) is 5.95. The van der Waals surface area contributed by atoms with Gasteiger partial charge in [0.2, 0.25) is 5.91 Å². The van der Waals surface area contributed by atoms with E-state index in [1.807, 2.05) is 0 Å². The number of anilines is 1. The molecule has 2 rings (SSSR count). The molecule has 0 spiro atoms. The number of halogens is 3. The zero-order chi connectivity index (χ0) is 12.6. The van der Waals surface area contributed by atoms with Crippen LogP contribution in [0.1, 0.15) is 6.42 Å². The Morgan fingerprint density at radius 2 is 2.29 bits per heavy atom. The first-order valence-corrected chi connectivity index (χ1v) is 6.35. The van der Waals surface area contributed by atoms with E-state index in [-0.39, 0.29) is 16.3 Å². The van der Waals surface area contributed by atoms with Crippen molar-refractivity contribution in [3.63, 3.8) is 0 Å². The molecule has 1 aromatic carbocycles. The lowest BCUT2D eigenvalue weighted by atomic mass is 10.1. The van der Waals surface area contributed by atoms with E-state index in [1.165, 1.54) is 17.0 Å². The molecule has 6 heteroatoms. The number of amides is 1. The van der Waals surface area contributed by atoms with Gasteiger partial charge in [-0.2, -0.15) is 0 Å². The number of hydrogen-bond donors (Lipinski definition) is 1. The normalized spacial score (nSPS) is 20.1. The molecule has 1 aliphatic rings. The van der Waals surface area contributed by atoms with Gasteiger partial charge >= 0.3 is 0 Å². The fraction of sp³-hybridized carbons (Fsp3) is 0.364. The quantitative estimate of drug-likeness (QED) is 0.851. The van der Waals surface area contributed by atoms with Gasteiger partial charge in [0.25, 0.3) is 0 Å². The number of nitrogens with zero attached hydrogens (tertiary/aromatic N) is 1. The van der Waals surface area contributed by atoms with Gasteiger partial charge in [0.05, 0.1) is 15.2 Å². The topological polar surface area (TPSA) is 46.3 Å². The summed E-state index contributed by atoms with van der Waals surface area (Å²) in [5.74, 6) is -0.386. The van der Waals surface area contributed by atoms with Crippen LogP contribution in [-0.4, -0.2) is 19.0 Å². The average Bonchev–Trinajstić information content (AvgIpc) is 2.65. The highest BCUT2D eigenvalue weighted by molar-refractivity contribution is 9.10. The van der Waals surface area contributed by atoms with Crippen LogP contribution in [0.25, 0.3) is 0 Å². The van der Waals surface area contributed by atoms with Gasteiger partial charge in [-0.05, 0) is 34.5 Å². The molecule has 1 saturated heterocycles. The number of nitrogens with two attached hydrogens (primary N) is 1. The van der Waals surface area contributed by atoms with Crippen molar-refractivity contribution in [3.05, 3.63) is 27.4 Å². The van der Waals surface area contributed by atoms with Crippen LogP contribution in [0.15, 0.2) is 16.6 Å². The lowest BCUT2D eigenvalue weighted by molar-refractivity contribution is -0.117. The van der Waals surface area contributed by atoms with Crippen LogP contribution in [0.3, 0.4) is 0 Å². The lowest BCUT2D eigenvalue weighted by Crippen LogP contribution is -2.26. The molecule has 3 nitrogen and oxygen atoms in total. The zero-order valence-corrected chi connectivity index (χ0v) is 11.3. The van der Waals surface area contributed by atoms with Gasteiger partial charge < -0.3 is 10.6 Å². The van der Waals surface area contributed by atoms with Gasteiger partial charge in [-0.3, -0.25) is 4.79 Å². The van der Waals surface area contributed by atoms with Crippen molar-refractivity contribution in [1.82, 2.24) is 0 Å². The monoisotopic (exact) mass is 320 g/mol. The van der Waals surface area contributed by atoms with Crippen LogP contribution < -0.4 is 10.6 Å². The van der Waals surface area contributed by atoms with Crippen molar-refractivity contribution in [2.24, 2.45) is 11.7 Å². The van der Waals surface area contributed by atoms with Crippen molar-refractivity contribution in [1.29, 1.82) is 0 Å². The molecule has 1 aromatic rings. The van der Waals surface area contributed by atoms with Crippen LogP contribution >= 0.6 is 27.5 Å². The van der Waals surface area contributed by atoms with E-state index in [4.69, 9.17) is 17.3 Å². The summed E-state index contributed by atoms with van der Waals surface area (Å²) < 4.78 is 13.7. The number of rotatable bonds is 2. The summed E-state index contributed by atoms with van der Waals surface area (Å²) in [7, 11) is 0. The molecule has 1 heterocycles. The van der Waals surface area contributed by atoms with Gasteiger partial charge in [-0.15, -0.1) is 0 Å².